The number of nitrogens with zero attached hydrogens (tertiary/aromatic N) is 4. The van der Waals surface area contributed by atoms with Gasteiger partial charge in [0, 0.05) is 55.6 Å². The van der Waals surface area contributed by atoms with E-state index in [2.05, 4.69) is 21.7 Å². The van der Waals surface area contributed by atoms with Crippen molar-refractivity contribution < 1.29 is 14.3 Å². The molecule has 1 unspecified atom stereocenters. The maximum absolute atomic E-state index is 11.6. The van der Waals surface area contributed by atoms with Gasteiger partial charge in [-0.05, 0) is 31.9 Å². The second kappa shape index (κ2) is 7.51. The predicted molar refractivity (Wildman–Crippen MR) is 107 cm³/mol. The number of ether oxygens (including phenoxy) is 2. The normalized spacial score (nSPS) is 21.4. The van der Waals surface area contributed by atoms with Gasteiger partial charge in [-0.25, -0.2) is 4.52 Å². The number of amides is 1. The average molecular weight is 395 g/mol. The fourth-order valence-corrected chi connectivity index (χ4v) is 4.14. The van der Waals surface area contributed by atoms with Crippen molar-refractivity contribution in [1.82, 2.24) is 24.7 Å². The number of hydrogen-bond donors (Lipinski definition) is 1. The number of nitrogens with one attached hydrogen (secondary N) is 1. The van der Waals surface area contributed by atoms with Gasteiger partial charge < -0.3 is 14.8 Å². The Morgan fingerprint density at radius 2 is 2.10 bits per heavy atom. The molecule has 8 nitrogen and oxygen atoms in total. The zero-order valence-corrected chi connectivity index (χ0v) is 16.5. The SMILES string of the molecule is C[C@@H](Oc1cc(-c2cnn(C3CCOCC3)c2)cn2nccc12)C1CNC(=O)C1. The van der Waals surface area contributed by atoms with E-state index in [1.165, 1.54) is 0 Å². The van der Waals surface area contributed by atoms with Crippen molar-refractivity contribution in [3.63, 3.8) is 0 Å². The molecule has 3 aromatic heterocycles. The third kappa shape index (κ3) is 3.60. The summed E-state index contributed by atoms with van der Waals surface area (Å²) in [7, 11) is 0. The molecule has 2 aliphatic rings. The van der Waals surface area contributed by atoms with E-state index in [9.17, 15) is 4.79 Å². The Labute approximate surface area is 168 Å². The average Bonchev–Trinajstić information content (AvgIpc) is 3.49. The number of fused-ring (bicyclic) bond motifs is 1. The topological polar surface area (TPSA) is 82.7 Å². The molecule has 0 radical (unpaired) electrons. The molecule has 8 heteroatoms. The molecule has 2 saturated heterocycles. The van der Waals surface area contributed by atoms with Crippen LogP contribution in [0.1, 0.15) is 32.2 Å². The van der Waals surface area contributed by atoms with Crippen molar-refractivity contribution in [3.05, 3.63) is 36.9 Å². The van der Waals surface area contributed by atoms with Crippen LogP contribution in [0.4, 0.5) is 0 Å². The molecule has 0 aromatic carbocycles. The van der Waals surface area contributed by atoms with Crippen LogP contribution in [0.5, 0.6) is 5.75 Å². The quantitative estimate of drug-likeness (QED) is 0.718. The molecule has 29 heavy (non-hydrogen) atoms. The van der Waals surface area contributed by atoms with Gasteiger partial charge in [0.05, 0.1) is 18.4 Å². The van der Waals surface area contributed by atoms with Crippen LogP contribution >= 0.6 is 0 Å². The summed E-state index contributed by atoms with van der Waals surface area (Å²) in [6, 6.07) is 4.37. The Hall–Kier alpha value is -2.87. The Balaban J connectivity index is 1.43. The monoisotopic (exact) mass is 395 g/mol. The standard InChI is InChI=1S/C21H25N5O3/c1-14(15-9-21(27)22-10-15)29-20-8-16(12-26-19(20)2-5-23-26)17-11-24-25(13-17)18-3-6-28-7-4-18/h2,5,8,11-15,18H,3-4,6-7,9-10H2,1H3,(H,22,27)/t14-,15?/m1/s1. The summed E-state index contributed by atoms with van der Waals surface area (Å²) in [6.07, 6.45) is 10.2. The Kier molecular flexibility index (Phi) is 4.71. The van der Waals surface area contributed by atoms with E-state index < -0.39 is 0 Å². The Morgan fingerprint density at radius 1 is 1.24 bits per heavy atom. The largest absolute Gasteiger partial charge is 0.488 e. The number of rotatable bonds is 5. The van der Waals surface area contributed by atoms with Crippen LogP contribution in [0.25, 0.3) is 16.6 Å². The molecule has 152 valence electrons. The fraction of sp³-hybridized carbons (Fsp3) is 0.476. The van der Waals surface area contributed by atoms with Gasteiger partial charge in [0.1, 0.15) is 17.4 Å². The van der Waals surface area contributed by atoms with E-state index in [4.69, 9.17) is 9.47 Å². The number of hydrogen-bond acceptors (Lipinski definition) is 5. The van der Waals surface area contributed by atoms with Crippen molar-refractivity contribution in [3.8, 4) is 16.9 Å². The van der Waals surface area contributed by atoms with Gasteiger partial charge in [0.25, 0.3) is 0 Å². The summed E-state index contributed by atoms with van der Waals surface area (Å²) in [5.74, 6) is 1.03. The van der Waals surface area contributed by atoms with Gasteiger partial charge in [-0.3, -0.25) is 9.48 Å². The predicted octanol–water partition coefficient (Wildman–Crippen LogP) is 2.45. The molecule has 2 atom stereocenters. The summed E-state index contributed by atoms with van der Waals surface area (Å²) in [5, 5.41) is 11.9. The zero-order chi connectivity index (χ0) is 19.8. The van der Waals surface area contributed by atoms with E-state index in [0.717, 1.165) is 48.4 Å². The van der Waals surface area contributed by atoms with Crippen molar-refractivity contribution in [2.75, 3.05) is 19.8 Å². The molecule has 0 bridgehead atoms. The highest BCUT2D eigenvalue weighted by atomic mass is 16.5. The molecule has 1 N–H and O–H groups in total. The van der Waals surface area contributed by atoms with Crippen LogP contribution in [0, 0.1) is 5.92 Å². The molecule has 0 aliphatic carbocycles. The van der Waals surface area contributed by atoms with Crippen molar-refractivity contribution in [2.24, 2.45) is 5.92 Å². The number of carbonyl (C=O) groups is 1. The van der Waals surface area contributed by atoms with Crippen LogP contribution < -0.4 is 10.1 Å². The first kappa shape index (κ1) is 18.2. The molecule has 3 aromatic rings. The lowest BCUT2D eigenvalue weighted by atomic mass is 10.0. The van der Waals surface area contributed by atoms with E-state index in [1.807, 2.05) is 40.6 Å². The first-order valence-corrected chi connectivity index (χ1v) is 10.2. The van der Waals surface area contributed by atoms with Crippen molar-refractivity contribution in [1.29, 1.82) is 0 Å². The van der Waals surface area contributed by atoms with Gasteiger partial charge in [-0.1, -0.05) is 0 Å². The number of carbonyl (C=O) groups excluding carboxylic acids is 1. The van der Waals surface area contributed by atoms with Crippen LogP contribution in [-0.2, 0) is 9.53 Å². The summed E-state index contributed by atoms with van der Waals surface area (Å²) in [5.41, 5.74) is 2.95. The van der Waals surface area contributed by atoms with E-state index in [1.54, 1.807) is 6.20 Å². The van der Waals surface area contributed by atoms with Crippen LogP contribution in [-0.4, -0.2) is 51.2 Å². The highest BCUT2D eigenvalue weighted by molar-refractivity contribution is 5.78. The summed E-state index contributed by atoms with van der Waals surface area (Å²) in [6.45, 7) is 4.25. The molecule has 0 saturated carbocycles. The van der Waals surface area contributed by atoms with Gasteiger partial charge in [0.15, 0.2) is 0 Å². The molecule has 5 rings (SSSR count). The molecule has 2 aliphatic heterocycles. The molecular weight excluding hydrogens is 370 g/mol. The molecule has 2 fully saturated rings. The number of pyridine rings is 1. The van der Waals surface area contributed by atoms with Gasteiger partial charge in [-0.2, -0.15) is 10.2 Å². The maximum atomic E-state index is 11.6. The van der Waals surface area contributed by atoms with E-state index >= 15 is 0 Å². The highest BCUT2D eigenvalue weighted by Crippen LogP contribution is 2.31. The zero-order valence-electron chi connectivity index (χ0n) is 16.5. The van der Waals surface area contributed by atoms with Crippen LogP contribution in [0.3, 0.4) is 0 Å². The van der Waals surface area contributed by atoms with Crippen LogP contribution in [0.2, 0.25) is 0 Å². The molecular formula is C21H25N5O3. The minimum absolute atomic E-state index is 0.0761. The third-order valence-electron chi connectivity index (χ3n) is 5.96. The first-order chi connectivity index (χ1) is 14.2. The maximum Gasteiger partial charge on any atom is 0.220 e. The molecule has 0 spiro atoms. The minimum atomic E-state index is -0.0761. The lowest BCUT2D eigenvalue weighted by molar-refractivity contribution is -0.119. The van der Waals surface area contributed by atoms with Gasteiger partial charge in [0.2, 0.25) is 5.91 Å². The smallest absolute Gasteiger partial charge is 0.220 e. The molecule has 1 amide bonds. The Bertz CT molecular complexity index is 1020. The fourth-order valence-electron chi connectivity index (χ4n) is 4.14. The van der Waals surface area contributed by atoms with E-state index in [-0.39, 0.29) is 17.9 Å². The van der Waals surface area contributed by atoms with Gasteiger partial charge in [-0.15, -0.1) is 0 Å². The second-order valence-corrected chi connectivity index (χ2v) is 7.90. The lowest BCUT2D eigenvalue weighted by Gasteiger charge is -2.22. The first-order valence-electron chi connectivity index (χ1n) is 10.2. The molecule has 5 heterocycles. The summed E-state index contributed by atoms with van der Waals surface area (Å²) in [4.78, 5) is 11.6. The van der Waals surface area contributed by atoms with E-state index in [0.29, 0.717) is 19.0 Å². The second-order valence-electron chi connectivity index (χ2n) is 7.90. The highest BCUT2D eigenvalue weighted by Gasteiger charge is 2.28. The van der Waals surface area contributed by atoms with Crippen molar-refractivity contribution in [2.45, 2.75) is 38.3 Å². The summed E-state index contributed by atoms with van der Waals surface area (Å²) < 4.78 is 15.6. The van der Waals surface area contributed by atoms with Gasteiger partial charge >= 0.3 is 0 Å². The number of aromatic nitrogens is 4. The summed E-state index contributed by atoms with van der Waals surface area (Å²) >= 11 is 0. The third-order valence-corrected chi connectivity index (χ3v) is 5.96. The van der Waals surface area contributed by atoms with Crippen LogP contribution in [0.15, 0.2) is 36.9 Å². The minimum Gasteiger partial charge on any atom is -0.488 e. The van der Waals surface area contributed by atoms with Crippen molar-refractivity contribution >= 4 is 11.4 Å². The lowest BCUT2D eigenvalue weighted by Crippen LogP contribution is -2.25. The Morgan fingerprint density at radius 3 is 2.90 bits per heavy atom.